The molecule has 2 saturated carbocycles. The van der Waals surface area contributed by atoms with Gasteiger partial charge in [-0.25, -0.2) is 14.6 Å². The van der Waals surface area contributed by atoms with Crippen molar-refractivity contribution in [3.05, 3.63) is 59.9 Å². The van der Waals surface area contributed by atoms with E-state index in [1.807, 2.05) is 17.7 Å². The zero-order valence-electron chi connectivity index (χ0n) is 21.8. The molecule has 4 atom stereocenters. The number of nitrogens with zero attached hydrogens (tertiary/aromatic N) is 3. The number of hydrogen-bond donors (Lipinski definition) is 5. The first kappa shape index (κ1) is 28.3. The molecule has 13 nitrogen and oxygen atoms in total. The Morgan fingerprint density at radius 1 is 1.15 bits per heavy atom. The van der Waals surface area contributed by atoms with Gasteiger partial charge >= 0.3 is 12.1 Å². The van der Waals surface area contributed by atoms with E-state index in [1.54, 1.807) is 30.3 Å². The van der Waals surface area contributed by atoms with Gasteiger partial charge in [-0.15, -0.1) is 5.48 Å². The number of hydrogen-bond acceptors (Lipinski definition) is 9. The first-order valence-corrected chi connectivity index (χ1v) is 13.0. The van der Waals surface area contributed by atoms with Crippen LogP contribution >= 0.6 is 0 Å². The van der Waals surface area contributed by atoms with Crippen LogP contribution in [0.15, 0.2) is 53.7 Å². The zero-order valence-corrected chi connectivity index (χ0v) is 21.8. The number of pyridine rings is 1. The fourth-order valence-corrected chi connectivity index (χ4v) is 5.14. The van der Waals surface area contributed by atoms with Crippen molar-refractivity contribution >= 4 is 29.6 Å². The molecule has 2 fully saturated rings. The van der Waals surface area contributed by atoms with Crippen molar-refractivity contribution in [2.75, 3.05) is 5.32 Å². The van der Waals surface area contributed by atoms with Gasteiger partial charge in [0.1, 0.15) is 6.61 Å². The van der Waals surface area contributed by atoms with Crippen LogP contribution in [-0.2, 0) is 31.3 Å². The summed E-state index contributed by atoms with van der Waals surface area (Å²) in [6.45, 7) is -0.0381. The van der Waals surface area contributed by atoms with E-state index in [0.29, 0.717) is 23.5 Å². The second-order valence-electron chi connectivity index (χ2n) is 10.0. The molecule has 2 aromatic rings. The molecule has 2 amide bonds. The average Bonchev–Trinajstić information content (AvgIpc) is 3.58. The Morgan fingerprint density at radius 2 is 1.95 bits per heavy atom. The molecule has 210 valence electrons. The van der Waals surface area contributed by atoms with Gasteiger partial charge in [-0.3, -0.25) is 15.1 Å². The van der Waals surface area contributed by atoms with Gasteiger partial charge in [-0.2, -0.15) is 5.26 Å². The zero-order chi connectivity index (χ0) is 28.5. The molecule has 0 aliphatic heterocycles. The monoisotopic (exact) mass is 548 g/mol. The maximum atomic E-state index is 13.0. The highest BCUT2D eigenvalue weighted by Crippen LogP contribution is 2.46. The van der Waals surface area contributed by atoms with E-state index in [0.717, 1.165) is 18.4 Å². The maximum absolute atomic E-state index is 13.0. The number of amides is 2. The van der Waals surface area contributed by atoms with Gasteiger partial charge in [0.25, 0.3) is 0 Å². The average molecular weight is 549 g/mol. The molecule has 0 spiro atoms. The van der Waals surface area contributed by atoms with Crippen molar-refractivity contribution in [3.8, 4) is 6.19 Å². The molecule has 0 saturated heterocycles. The van der Waals surface area contributed by atoms with Crippen molar-refractivity contribution in [3.63, 3.8) is 0 Å². The normalized spacial score (nSPS) is 21.0. The van der Waals surface area contributed by atoms with Gasteiger partial charge in [0.15, 0.2) is 11.7 Å². The second kappa shape index (κ2) is 12.9. The van der Waals surface area contributed by atoms with Crippen molar-refractivity contribution in [2.24, 2.45) is 28.3 Å². The number of nitriles is 1. The summed E-state index contributed by atoms with van der Waals surface area (Å²) in [5, 5.41) is 14.8. The summed E-state index contributed by atoms with van der Waals surface area (Å²) in [5.74, 6) is -0.217. The third-order valence-electron chi connectivity index (χ3n) is 7.22. The van der Waals surface area contributed by atoms with Crippen LogP contribution in [-0.4, -0.2) is 35.0 Å². The van der Waals surface area contributed by atoms with E-state index in [4.69, 9.17) is 26.0 Å². The summed E-state index contributed by atoms with van der Waals surface area (Å²) >= 11 is 0. The number of guanidine groups is 1. The Hall–Kier alpha value is -4.70. The molecule has 13 heteroatoms. The lowest BCUT2D eigenvalue weighted by molar-refractivity contribution is -0.157. The SMILES string of the molecule is N#CNC(=NC1CC2CCC1C2)Nc1ccc([C@](N)(CCC(N)=O)C(=O)ONC(=O)OCc2ccccc2)nc1. The Balaban J connectivity index is 1.40. The first-order valence-electron chi connectivity index (χ1n) is 13.0. The summed E-state index contributed by atoms with van der Waals surface area (Å²) in [4.78, 5) is 50.4. The van der Waals surface area contributed by atoms with E-state index < -0.39 is 23.5 Å². The molecule has 7 N–H and O–H groups in total. The van der Waals surface area contributed by atoms with E-state index in [1.165, 1.54) is 25.1 Å². The molecule has 3 unspecified atom stereocenters. The highest BCUT2D eigenvalue weighted by molar-refractivity contribution is 5.94. The van der Waals surface area contributed by atoms with Crippen molar-refractivity contribution in [1.82, 2.24) is 15.8 Å². The second-order valence-corrected chi connectivity index (χ2v) is 10.0. The number of primary amides is 1. The quantitative estimate of drug-likeness (QED) is 0.101. The standard InChI is InChI=1S/C27H32N8O5/c28-16-32-25(34-21-13-18-6-7-19(21)12-18)33-20-8-9-22(31-14-20)27(30,11-10-23(29)36)24(37)40-35-26(38)39-15-17-4-2-1-3-5-17/h1-5,8-9,14,18-19,21H,6-7,10-13,15,30H2,(H2,29,36)(H,35,38)(H2,32,33,34)/t18?,19?,21?,27-/m1/s1. The molecule has 0 radical (unpaired) electrons. The minimum absolute atomic E-state index is 0.0381. The topological polar surface area (TPSA) is 207 Å². The van der Waals surface area contributed by atoms with Crippen LogP contribution < -0.4 is 27.6 Å². The minimum Gasteiger partial charge on any atom is -0.443 e. The number of carbonyl (C=O) groups excluding carboxylic acids is 3. The molecular weight excluding hydrogens is 516 g/mol. The fourth-order valence-electron chi connectivity index (χ4n) is 5.14. The number of anilines is 1. The Labute approximate surface area is 231 Å². The number of fused-ring (bicyclic) bond motifs is 2. The number of nitrogens with two attached hydrogens (primary N) is 2. The molecule has 4 rings (SSSR count). The summed E-state index contributed by atoms with van der Waals surface area (Å²) in [6, 6.07) is 12.2. The number of rotatable bonds is 9. The molecular formula is C27H32N8O5. The molecule has 1 aromatic carbocycles. The predicted octanol–water partition coefficient (Wildman–Crippen LogP) is 1.91. The number of carbonyl (C=O) groups is 3. The van der Waals surface area contributed by atoms with Gasteiger partial charge in [0.05, 0.1) is 23.6 Å². The van der Waals surface area contributed by atoms with Crippen LogP contribution in [0, 0.1) is 23.3 Å². The summed E-state index contributed by atoms with van der Waals surface area (Å²) in [6.07, 6.45) is 6.39. The maximum Gasteiger partial charge on any atom is 0.441 e. The summed E-state index contributed by atoms with van der Waals surface area (Å²) < 4.78 is 5.03. The lowest BCUT2D eigenvalue weighted by Crippen LogP contribution is -2.49. The van der Waals surface area contributed by atoms with Crippen LogP contribution in [0.25, 0.3) is 0 Å². The summed E-state index contributed by atoms with van der Waals surface area (Å²) in [7, 11) is 0. The van der Waals surface area contributed by atoms with Gasteiger partial charge in [-0.1, -0.05) is 36.8 Å². The van der Waals surface area contributed by atoms with E-state index in [9.17, 15) is 19.6 Å². The molecule has 40 heavy (non-hydrogen) atoms. The number of benzene rings is 1. The Morgan fingerprint density at radius 3 is 2.58 bits per heavy atom. The van der Waals surface area contributed by atoms with E-state index in [-0.39, 0.29) is 31.2 Å². The third kappa shape index (κ3) is 7.23. The van der Waals surface area contributed by atoms with Gasteiger partial charge in [0.2, 0.25) is 11.9 Å². The summed E-state index contributed by atoms with van der Waals surface area (Å²) in [5.41, 5.74) is 12.9. The van der Waals surface area contributed by atoms with Crippen molar-refractivity contribution < 1.29 is 24.0 Å². The Kier molecular flexibility index (Phi) is 9.13. The van der Waals surface area contributed by atoms with E-state index >= 15 is 0 Å². The molecule has 2 aliphatic rings. The van der Waals surface area contributed by atoms with Crippen molar-refractivity contribution in [1.29, 1.82) is 5.26 Å². The fraction of sp³-hybridized carbons (Fsp3) is 0.407. The highest BCUT2D eigenvalue weighted by atomic mass is 16.7. The van der Waals surface area contributed by atoms with Crippen molar-refractivity contribution in [2.45, 2.75) is 56.7 Å². The number of nitrogens with one attached hydrogen (secondary N) is 3. The smallest absolute Gasteiger partial charge is 0.441 e. The van der Waals surface area contributed by atoms with E-state index in [2.05, 4.69) is 15.6 Å². The third-order valence-corrected chi connectivity index (χ3v) is 7.22. The Bertz CT molecular complexity index is 1280. The number of aromatic nitrogens is 1. The predicted molar refractivity (Wildman–Crippen MR) is 143 cm³/mol. The van der Waals surface area contributed by atoms with Crippen LogP contribution in [0.3, 0.4) is 0 Å². The van der Waals surface area contributed by atoms with Gasteiger partial charge < -0.3 is 26.4 Å². The molecule has 1 heterocycles. The number of ether oxygens (including phenoxy) is 1. The largest absolute Gasteiger partial charge is 0.443 e. The lowest BCUT2D eigenvalue weighted by Gasteiger charge is -2.26. The molecule has 2 aliphatic carbocycles. The number of hydroxylamine groups is 1. The van der Waals surface area contributed by atoms with Crippen LogP contribution in [0.1, 0.15) is 49.8 Å². The van der Waals surface area contributed by atoms with Gasteiger partial charge in [0, 0.05) is 6.42 Å². The number of aliphatic imine (C=N–C) groups is 1. The van der Waals surface area contributed by atoms with Crippen LogP contribution in [0.5, 0.6) is 0 Å². The highest BCUT2D eigenvalue weighted by Gasteiger charge is 2.41. The van der Waals surface area contributed by atoms with Gasteiger partial charge in [-0.05, 0) is 55.2 Å². The lowest BCUT2D eigenvalue weighted by atomic mass is 9.90. The minimum atomic E-state index is -1.91. The molecule has 1 aromatic heterocycles. The van der Waals surface area contributed by atoms with Crippen LogP contribution in [0.2, 0.25) is 0 Å². The first-order chi connectivity index (χ1) is 19.3. The van der Waals surface area contributed by atoms with Crippen LogP contribution in [0.4, 0.5) is 10.5 Å². The molecule has 2 bridgehead atoms.